The van der Waals surface area contributed by atoms with Gasteiger partial charge in [0.25, 0.3) is 0 Å². The van der Waals surface area contributed by atoms with Crippen LogP contribution in [0.1, 0.15) is 12.1 Å². The summed E-state index contributed by atoms with van der Waals surface area (Å²) < 4.78 is 10.6. The third-order valence-corrected chi connectivity index (χ3v) is 5.43. The molecule has 156 valence electrons. The number of aromatic nitrogens is 1. The Balaban J connectivity index is 1.62. The molecular formula is C21H27ClN4O2S. The molecule has 0 atom stereocenters. The Morgan fingerprint density at radius 2 is 2.14 bits per heavy atom. The zero-order chi connectivity index (χ0) is 20.5. The van der Waals surface area contributed by atoms with E-state index in [0.717, 1.165) is 57.2 Å². The SMILES string of the molecule is COc1ccc(NC(=S)N(CCCN2CCOCC2)Cc2ccccn2)cc1Cl. The van der Waals surface area contributed by atoms with Gasteiger partial charge in [-0.05, 0) is 49.0 Å². The molecule has 0 bridgehead atoms. The average molecular weight is 435 g/mol. The van der Waals surface area contributed by atoms with E-state index in [0.29, 0.717) is 22.4 Å². The number of thiocarbonyl (C=S) groups is 1. The normalized spacial score (nSPS) is 14.4. The Kier molecular flexibility index (Phi) is 8.49. The first-order valence-electron chi connectivity index (χ1n) is 9.75. The zero-order valence-electron chi connectivity index (χ0n) is 16.6. The van der Waals surface area contributed by atoms with E-state index in [1.54, 1.807) is 13.3 Å². The van der Waals surface area contributed by atoms with Gasteiger partial charge in [0.05, 0.1) is 37.6 Å². The number of benzene rings is 1. The van der Waals surface area contributed by atoms with Crippen LogP contribution in [0.4, 0.5) is 5.69 Å². The van der Waals surface area contributed by atoms with Gasteiger partial charge in [0.15, 0.2) is 5.11 Å². The number of ether oxygens (including phenoxy) is 2. The van der Waals surface area contributed by atoms with Crippen molar-refractivity contribution >= 4 is 34.6 Å². The minimum atomic E-state index is 0.545. The fourth-order valence-electron chi connectivity index (χ4n) is 3.20. The Bertz CT molecular complexity index is 788. The number of hydrogen-bond donors (Lipinski definition) is 1. The Hall–Kier alpha value is -1.93. The quantitative estimate of drug-likeness (QED) is 0.636. The van der Waals surface area contributed by atoms with Crippen molar-refractivity contribution in [3.8, 4) is 5.75 Å². The molecule has 1 aliphatic rings. The van der Waals surface area contributed by atoms with Crippen LogP contribution in [0.25, 0.3) is 0 Å². The van der Waals surface area contributed by atoms with Crippen LogP contribution < -0.4 is 10.1 Å². The fraction of sp³-hybridized carbons (Fsp3) is 0.429. The van der Waals surface area contributed by atoms with Gasteiger partial charge in [0.2, 0.25) is 0 Å². The second kappa shape index (κ2) is 11.3. The third-order valence-electron chi connectivity index (χ3n) is 4.78. The highest BCUT2D eigenvalue weighted by Crippen LogP contribution is 2.27. The van der Waals surface area contributed by atoms with Gasteiger partial charge in [-0.1, -0.05) is 17.7 Å². The maximum Gasteiger partial charge on any atom is 0.173 e. The number of halogens is 1. The van der Waals surface area contributed by atoms with Crippen molar-refractivity contribution in [2.45, 2.75) is 13.0 Å². The zero-order valence-corrected chi connectivity index (χ0v) is 18.2. The van der Waals surface area contributed by atoms with Crippen molar-refractivity contribution in [3.05, 3.63) is 53.3 Å². The molecule has 0 saturated carbocycles. The molecular weight excluding hydrogens is 408 g/mol. The lowest BCUT2D eigenvalue weighted by Crippen LogP contribution is -2.40. The van der Waals surface area contributed by atoms with Gasteiger partial charge in [0.1, 0.15) is 5.75 Å². The van der Waals surface area contributed by atoms with E-state index < -0.39 is 0 Å². The van der Waals surface area contributed by atoms with Crippen molar-refractivity contribution in [3.63, 3.8) is 0 Å². The molecule has 8 heteroatoms. The summed E-state index contributed by atoms with van der Waals surface area (Å²) in [6.07, 6.45) is 2.82. The molecule has 6 nitrogen and oxygen atoms in total. The number of nitrogens with zero attached hydrogens (tertiary/aromatic N) is 3. The Labute approximate surface area is 182 Å². The number of anilines is 1. The predicted molar refractivity (Wildman–Crippen MR) is 121 cm³/mol. The highest BCUT2D eigenvalue weighted by atomic mass is 35.5. The van der Waals surface area contributed by atoms with Gasteiger partial charge in [-0.2, -0.15) is 0 Å². The smallest absolute Gasteiger partial charge is 0.173 e. The summed E-state index contributed by atoms with van der Waals surface area (Å²) >= 11 is 12.0. The van der Waals surface area contributed by atoms with Gasteiger partial charge in [-0.3, -0.25) is 9.88 Å². The molecule has 0 unspecified atom stereocenters. The number of rotatable bonds is 8. The summed E-state index contributed by atoms with van der Waals surface area (Å²) in [6, 6.07) is 11.5. The fourth-order valence-corrected chi connectivity index (χ4v) is 3.73. The van der Waals surface area contributed by atoms with Crippen molar-refractivity contribution in [1.82, 2.24) is 14.8 Å². The number of methoxy groups -OCH3 is 1. The van der Waals surface area contributed by atoms with Gasteiger partial charge >= 0.3 is 0 Å². The number of morpholine rings is 1. The standard InChI is InChI=1S/C21H27ClN4O2S/c1-27-20-7-6-17(15-19(20)22)24-21(29)26(16-18-5-2-3-8-23-18)10-4-9-25-11-13-28-14-12-25/h2-3,5-8,15H,4,9-14,16H2,1H3,(H,24,29). The third kappa shape index (κ3) is 6.82. The van der Waals surface area contributed by atoms with E-state index in [-0.39, 0.29) is 0 Å². The predicted octanol–water partition coefficient (Wildman–Crippen LogP) is 3.66. The van der Waals surface area contributed by atoms with Crippen LogP contribution in [0.3, 0.4) is 0 Å². The van der Waals surface area contributed by atoms with E-state index in [9.17, 15) is 0 Å². The van der Waals surface area contributed by atoms with E-state index in [2.05, 4.69) is 20.1 Å². The van der Waals surface area contributed by atoms with Crippen LogP contribution in [0, 0.1) is 0 Å². The Morgan fingerprint density at radius 3 is 2.83 bits per heavy atom. The first kappa shape index (κ1) is 21.8. The van der Waals surface area contributed by atoms with Gasteiger partial charge in [-0.25, -0.2) is 0 Å². The maximum absolute atomic E-state index is 6.24. The monoisotopic (exact) mass is 434 g/mol. The lowest BCUT2D eigenvalue weighted by Gasteiger charge is -2.29. The first-order valence-corrected chi connectivity index (χ1v) is 10.5. The number of hydrogen-bond acceptors (Lipinski definition) is 5. The van der Waals surface area contributed by atoms with Crippen LogP contribution in [-0.4, -0.2) is 66.4 Å². The van der Waals surface area contributed by atoms with Gasteiger partial charge in [-0.15, -0.1) is 0 Å². The minimum absolute atomic E-state index is 0.545. The highest BCUT2D eigenvalue weighted by molar-refractivity contribution is 7.80. The summed E-state index contributed by atoms with van der Waals surface area (Å²) in [7, 11) is 1.60. The molecule has 0 amide bonds. The second-order valence-corrected chi connectivity index (χ2v) is 7.62. The van der Waals surface area contributed by atoms with Crippen molar-refractivity contribution in [1.29, 1.82) is 0 Å². The number of pyridine rings is 1. The minimum Gasteiger partial charge on any atom is -0.495 e. The lowest BCUT2D eigenvalue weighted by molar-refractivity contribution is 0.0367. The largest absolute Gasteiger partial charge is 0.495 e. The van der Waals surface area contributed by atoms with E-state index in [1.807, 2.05) is 36.4 Å². The second-order valence-electron chi connectivity index (χ2n) is 6.83. The lowest BCUT2D eigenvalue weighted by atomic mass is 10.3. The van der Waals surface area contributed by atoms with Crippen LogP contribution in [0.15, 0.2) is 42.6 Å². The molecule has 1 N–H and O–H groups in total. The summed E-state index contributed by atoms with van der Waals surface area (Å²) in [5.74, 6) is 0.638. The van der Waals surface area contributed by atoms with Crippen LogP contribution in [0.5, 0.6) is 5.75 Å². The maximum atomic E-state index is 6.24. The molecule has 1 aromatic heterocycles. The molecule has 0 aliphatic carbocycles. The summed E-state index contributed by atoms with van der Waals surface area (Å²) in [4.78, 5) is 9.03. The van der Waals surface area contributed by atoms with E-state index in [4.69, 9.17) is 33.3 Å². The molecule has 2 aromatic rings. The van der Waals surface area contributed by atoms with E-state index in [1.165, 1.54) is 0 Å². The number of nitrogens with one attached hydrogen (secondary N) is 1. The summed E-state index contributed by atoms with van der Waals surface area (Å²) in [5, 5.41) is 4.50. The molecule has 0 radical (unpaired) electrons. The van der Waals surface area contributed by atoms with Crippen LogP contribution in [-0.2, 0) is 11.3 Å². The summed E-state index contributed by atoms with van der Waals surface area (Å²) in [6.45, 7) is 6.13. The highest BCUT2D eigenvalue weighted by Gasteiger charge is 2.14. The van der Waals surface area contributed by atoms with Crippen molar-refractivity contribution < 1.29 is 9.47 Å². The molecule has 1 aromatic carbocycles. The van der Waals surface area contributed by atoms with E-state index >= 15 is 0 Å². The summed E-state index contributed by atoms with van der Waals surface area (Å²) in [5.41, 5.74) is 1.82. The molecule has 2 heterocycles. The van der Waals surface area contributed by atoms with Crippen LogP contribution in [0.2, 0.25) is 5.02 Å². The van der Waals surface area contributed by atoms with Crippen LogP contribution >= 0.6 is 23.8 Å². The van der Waals surface area contributed by atoms with Gasteiger partial charge in [0, 0.05) is 38.1 Å². The molecule has 1 aliphatic heterocycles. The topological polar surface area (TPSA) is 49.9 Å². The Morgan fingerprint density at radius 1 is 1.31 bits per heavy atom. The van der Waals surface area contributed by atoms with Crippen molar-refractivity contribution in [2.24, 2.45) is 0 Å². The molecule has 3 rings (SSSR count). The first-order chi connectivity index (χ1) is 14.2. The van der Waals surface area contributed by atoms with Crippen molar-refractivity contribution in [2.75, 3.05) is 51.8 Å². The average Bonchev–Trinajstić information content (AvgIpc) is 2.74. The molecule has 29 heavy (non-hydrogen) atoms. The molecule has 0 spiro atoms. The van der Waals surface area contributed by atoms with Gasteiger partial charge < -0.3 is 19.7 Å². The molecule has 1 fully saturated rings. The molecule has 1 saturated heterocycles.